The standard InChI is InChI=1S/C17H22N6O/c1-17(2)6-3-9-23(15(17)13-18)16(24)14-5-10-22(20-14)12-11-21-8-4-7-19-21/h4-5,7-8,10,15H,3,6,9,11-12H2,1-2H3/t15-/m1/s1. The summed E-state index contributed by atoms with van der Waals surface area (Å²) in [6.07, 6.45) is 7.29. The van der Waals surface area contributed by atoms with Crippen LogP contribution in [-0.4, -0.2) is 43.0 Å². The zero-order valence-electron chi connectivity index (χ0n) is 14.1. The Bertz CT molecular complexity index is 739. The quantitative estimate of drug-likeness (QED) is 0.860. The molecule has 7 heteroatoms. The van der Waals surface area contributed by atoms with E-state index in [1.54, 1.807) is 28.0 Å². The molecule has 1 atom stereocenters. The molecule has 0 bridgehead atoms. The highest BCUT2D eigenvalue weighted by Crippen LogP contribution is 2.35. The summed E-state index contributed by atoms with van der Waals surface area (Å²) in [5.74, 6) is -0.160. The van der Waals surface area contributed by atoms with E-state index in [-0.39, 0.29) is 11.3 Å². The lowest BCUT2D eigenvalue weighted by Gasteiger charge is -2.42. The summed E-state index contributed by atoms with van der Waals surface area (Å²) in [4.78, 5) is 14.5. The average Bonchev–Trinajstić information content (AvgIpc) is 3.22. The van der Waals surface area contributed by atoms with Gasteiger partial charge in [-0.2, -0.15) is 15.5 Å². The molecule has 1 aliphatic rings. The summed E-state index contributed by atoms with van der Waals surface area (Å²) in [5, 5.41) is 18.0. The van der Waals surface area contributed by atoms with Crippen LogP contribution in [0.4, 0.5) is 0 Å². The fraction of sp³-hybridized carbons (Fsp3) is 0.529. The number of hydrogen-bond acceptors (Lipinski definition) is 4. The fourth-order valence-electron chi connectivity index (χ4n) is 3.24. The second-order valence-corrected chi connectivity index (χ2v) is 6.86. The molecule has 24 heavy (non-hydrogen) atoms. The molecule has 2 aromatic heterocycles. The molecular formula is C17H22N6O. The van der Waals surface area contributed by atoms with Crippen LogP contribution in [0.3, 0.4) is 0 Å². The van der Waals surface area contributed by atoms with Gasteiger partial charge in [-0.15, -0.1) is 0 Å². The van der Waals surface area contributed by atoms with Gasteiger partial charge in [-0.25, -0.2) is 0 Å². The van der Waals surface area contributed by atoms with E-state index in [2.05, 4.69) is 16.3 Å². The number of carbonyl (C=O) groups is 1. The maximum Gasteiger partial charge on any atom is 0.275 e. The summed E-state index contributed by atoms with van der Waals surface area (Å²) in [7, 11) is 0. The predicted molar refractivity (Wildman–Crippen MR) is 87.9 cm³/mol. The van der Waals surface area contributed by atoms with E-state index in [9.17, 15) is 10.1 Å². The molecule has 0 aliphatic carbocycles. The molecule has 1 saturated heterocycles. The zero-order valence-corrected chi connectivity index (χ0v) is 14.1. The Morgan fingerprint density at radius 2 is 2.17 bits per heavy atom. The molecule has 0 aromatic carbocycles. The van der Waals surface area contributed by atoms with Crippen molar-refractivity contribution >= 4 is 5.91 Å². The lowest BCUT2D eigenvalue weighted by Crippen LogP contribution is -2.51. The Balaban J connectivity index is 1.70. The van der Waals surface area contributed by atoms with Crippen LogP contribution >= 0.6 is 0 Å². The van der Waals surface area contributed by atoms with Crippen LogP contribution < -0.4 is 0 Å². The summed E-state index contributed by atoms with van der Waals surface area (Å²) in [5.41, 5.74) is 0.208. The first kappa shape index (κ1) is 16.2. The molecule has 0 unspecified atom stereocenters. The first-order chi connectivity index (χ1) is 11.5. The van der Waals surface area contributed by atoms with Crippen molar-refractivity contribution in [1.82, 2.24) is 24.5 Å². The van der Waals surface area contributed by atoms with Crippen molar-refractivity contribution in [3.63, 3.8) is 0 Å². The van der Waals surface area contributed by atoms with E-state index in [0.717, 1.165) is 12.8 Å². The first-order valence-electron chi connectivity index (χ1n) is 8.23. The third kappa shape index (κ3) is 3.18. The number of carbonyl (C=O) groups excluding carboxylic acids is 1. The number of amides is 1. The molecule has 0 spiro atoms. The van der Waals surface area contributed by atoms with Crippen molar-refractivity contribution < 1.29 is 4.79 Å². The maximum atomic E-state index is 12.8. The normalized spacial score (nSPS) is 19.9. The molecule has 3 rings (SSSR count). The van der Waals surface area contributed by atoms with Gasteiger partial charge >= 0.3 is 0 Å². The Kier molecular flexibility index (Phi) is 4.38. The van der Waals surface area contributed by atoms with Crippen LogP contribution in [0.1, 0.15) is 37.2 Å². The van der Waals surface area contributed by atoms with Crippen LogP contribution in [0, 0.1) is 16.7 Å². The van der Waals surface area contributed by atoms with Crippen molar-refractivity contribution in [2.45, 2.75) is 45.8 Å². The largest absolute Gasteiger partial charge is 0.321 e. The minimum Gasteiger partial charge on any atom is -0.321 e. The molecule has 2 aromatic rings. The van der Waals surface area contributed by atoms with Gasteiger partial charge in [0.2, 0.25) is 0 Å². The summed E-state index contributed by atoms with van der Waals surface area (Å²) in [6.45, 7) is 6.04. The monoisotopic (exact) mass is 326 g/mol. The molecule has 0 radical (unpaired) electrons. The average molecular weight is 326 g/mol. The van der Waals surface area contributed by atoms with Crippen LogP contribution in [0.25, 0.3) is 0 Å². The Morgan fingerprint density at radius 1 is 1.38 bits per heavy atom. The Hall–Kier alpha value is -2.62. The summed E-state index contributed by atoms with van der Waals surface area (Å²) < 4.78 is 3.56. The van der Waals surface area contributed by atoms with E-state index >= 15 is 0 Å². The third-order valence-corrected chi connectivity index (χ3v) is 4.63. The van der Waals surface area contributed by atoms with Gasteiger partial charge in [-0.05, 0) is 30.4 Å². The molecule has 3 heterocycles. The number of aryl methyl sites for hydroxylation is 2. The first-order valence-corrected chi connectivity index (χ1v) is 8.23. The lowest BCUT2D eigenvalue weighted by molar-refractivity contribution is 0.0431. The van der Waals surface area contributed by atoms with Crippen molar-refractivity contribution in [2.75, 3.05) is 6.54 Å². The number of likely N-dealkylation sites (tertiary alicyclic amines) is 1. The van der Waals surface area contributed by atoms with Crippen LogP contribution in [0.15, 0.2) is 30.7 Å². The maximum absolute atomic E-state index is 12.8. The highest BCUT2D eigenvalue weighted by atomic mass is 16.2. The zero-order chi connectivity index (χ0) is 17.2. The predicted octanol–water partition coefficient (Wildman–Crippen LogP) is 1.93. The summed E-state index contributed by atoms with van der Waals surface area (Å²) >= 11 is 0. The highest BCUT2D eigenvalue weighted by molar-refractivity contribution is 5.92. The molecular weight excluding hydrogens is 304 g/mol. The van der Waals surface area contributed by atoms with Gasteiger partial charge in [0.05, 0.1) is 19.2 Å². The van der Waals surface area contributed by atoms with Gasteiger partial charge in [0, 0.05) is 25.1 Å². The SMILES string of the molecule is CC1(C)CCCN(C(=O)c2ccn(CCn3cccn3)n2)[C@@H]1C#N. The fourth-order valence-corrected chi connectivity index (χ4v) is 3.24. The Labute approximate surface area is 141 Å². The smallest absolute Gasteiger partial charge is 0.275 e. The third-order valence-electron chi connectivity index (χ3n) is 4.63. The second-order valence-electron chi connectivity index (χ2n) is 6.86. The number of nitrogens with zero attached hydrogens (tertiary/aromatic N) is 6. The van der Waals surface area contributed by atoms with Gasteiger partial charge in [-0.1, -0.05) is 13.8 Å². The van der Waals surface area contributed by atoms with Crippen molar-refractivity contribution in [3.05, 3.63) is 36.4 Å². The minimum absolute atomic E-state index is 0.160. The minimum atomic E-state index is -0.409. The number of piperidine rings is 1. The van der Waals surface area contributed by atoms with E-state index in [0.29, 0.717) is 25.3 Å². The molecule has 126 valence electrons. The summed E-state index contributed by atoms with van der Waals surface area (Å²) in [6, 6.07) is 5.49. The van der Waals surface area contributed by atoms with Gasteiger partial charge in [0.25, 0.3) is 5.91 Å². The van der Waals surface area contributed by atoms with Crippen molar-refractivity contribution in [2.24, 2.45) is 5.41 Å². The molecule has 0 N–H and O–H groups in total. The number of nitriles is 1. The van der Waals surface area contributed by atoms with Crippen molar-refractivity contribution in [3.8, 4) is 6.07 Å². The van der Waals surface area contributed by atoms with Crippen LogP contribution in [0.2, 0.25) is 0 Å². The molecule has 1 aliphatic heterocycles. The molecule has 7 nitrogen and oxygen atoms in total. The van der Waals surface area contributed by atoms with Gasteiger partial charge in [-0.3, -0.25) is 14.2 Å². The highest BCUT2D eigenvalue weighted by Gasteiger charge is 2.40. The number of aromatic nitrogens is 4. The topological polar surface area (TPSA) is 79.7 Å². The number of rotatable bonds is 4. The number of hydrogen-bond donors (Lipinski definition) is 0. The molecule has 1 amide bonds. The van der Waals surface area contributed by atoms with E-state index in [1.807, 2.05) is 30.8 Å². The van der Waals surface area contributed by atoms with E-state index in [4.69, 9.17) is 0 Å². The van der Waals surface area contributed by atoms with Crippen molar-refractivity contribution in [1.29, 1.82) is 5.26 Å². The van der Waals surface area contributed by atoms with E-state index < -0.39 is 6.04 Å². The van der Waals surface area contributed by atoms with Gasteiger partial charge in [0.1, 0.15) is 11.7 Å². The molecule has 0 saturated carbocycles. The molecule has 1 fully saturated rings. The second kappa shape index (κ2) is 6.48. The van der Waals surface area contributed by atoms with Gasteiger partial charge in [0.15, 0.2) is 0 Å². The Morgan fingerprint density at radius 3 is 2.88 bits per heavy atom. The van der Waals surface area contributed by atoms with E-state index in [1.165, 1.54) is 0 Å². The van der Waals surface area contributed by atoms with Crippen LogP contribution in [0.5, 0.6) is 0 Å². The van der Waals surface area contributed by atoms with Crippen LogP contribution in [-0.2, 0) is 13.1 Å². The van der Waals surface area contributed by atoms with Gasteiger partial charge < -0.3 is 4.90 Å². The lowest BCUT2D eigenvalue weighted by atomic mass is 9.77.